The van der Waals surface area contributed by atoms with E-state index in [9.17, 15) is 9.90 Å². The first kappa shape index (κ1) is 26.7. The van der Waals surface area contributed by atoms with Gasteiger partial charge in [-0.05, 0) is 129 Å². The molecule has 4 rings (SSSR count). The molecule has 0 radical (unpaired) electrons. The molecule has 4 aliphatic rings. The van der Waals surface area contributed by atoms with Crippen LogP contribution in [-0.2, 0) is 9.22 Å². The van der Waals surface area contributed by atoms with Crippen molar-refractivity contribution in [2.45, 2.75) is 136 Å². The molecule has 4 aliphatic carbocycles. The molecular weight excluding hydrogens is 436 g/mol. The Labute approximate surface area is 211 Å². The second-order valence-corrected chi connectivity index (χ2v) is 19.8. The smallest absolute Gasteiger partial charge is 0.303 e. The minimum atomic E-state index is -1.70. The number of carboxylic acids is 1. The van der Waals surface area contributed by atoms with Gasteiger partial charge in [0.05, 0.1) is 0 Å². The van der Waals surface area contributed by atoms with Crippen LogP contribution in [-0.4, -0.2) is 25.5 Å². The SMILES string of the molecule is C[C@H](CCC(=O)O)[C@H]1CC[C@H]2[C@@H]3CCC4C[C@H](O[Si](C)(C)C(C)(C)C)CC[C@]4(C)[C@H]3CC[C@]12C. The molecule has 0 aromatic heterocycles. The van der Waals surface area contributed by atoms with Crippen LogP contribution in [0.15, 0.2) is 0 Å². The van der Waals surface area contributed by atoms with Crippen molar-refractivity contribution in [3.63, 3.8) is 0 Å². The fourth-order valence-electron chi connectivity index (χ4n) is 9.45. The molecule has 0 aromatic carbocycles. The van der Waals surface area contributed by atoms with E-state index in [-0.39, 0.29) is 0 Å². The lowest BCUT2D eigenvalue weighted by atomic mass is 9.44. The molecule has 0 aliphatic heterocycles. The van der Waals surface area contributed by atoms with Crippen molar-refractivity contribution in [1.29, 1.82) is 0 Å². The summed E-state index contributed by atoms with van der Waals surface area (Å²) in [6, 6.07) is 0. The van der Waals surface area contributed by atoms with Crippen LogP contribution in [0.5, 0.6) is 0 Å². The van der Waals surface area contributed by atoms with Gasteiger partial charge in [0, 0.05) is 12.5 Å². The molecule has 34 heavy (non-hydrogen) atoms. The Morgan fingerprint density at radius 1 is 1.00 bits per heavy atom. The Kier molecular flexibility index (Phi) is 7.22. The molecule has 0 saturated heterocycles. The maximum absolute atomic E-state index is 11.2. The van der Waals surface area contributed by atoms with Crippen LogP contribution in [0.1, 0.15) is 112 Å². The van der Waals surface area contributed by atoms with Gasteiger partial charge in [-0.2, -0.15) is 0 Å². The summed E-state index contributed by atoms with van der Waals surface area (Å²) < 4.78 is 6.94. The number of carbonyl (C=O) groups is 1. The quantitative estimate of drug-likeness (QED) is 0.379. The highest BCUT2D eigenvalue weighted by atomic mass is 28.4. The molecule has 3 nitrogen and oxygen atoms in total. The summed E-state index contributed by atoms with van der Waals surface area (Å²) in [5.41, 5.74) is 0.940. The number of fused-ring (bicyclic) bond motifs is 5. The highest BCUT2D eigenvalue weighted by Crippen LogP contribution is 2.68. The van der Waals surface area contributed by atoms with E-state index in [0.29, 0.717) is 34.3 Å². The zero-order valence-electron chi connectivity index (χ0n) is 23.6. The van der Waals surface area contributed by atoms with Gasteiger partial charge in [0.15, 0.2) is 8.32 Å². The Hall–Kier alpha value is -0.353. The molecular formula is C30H54O3Si. The van der Waals surface area contributed by atoms with Crippen molar-refractivity contribution in [2.75, 3.05) is 0 Å². The van der Waals surface area contributed by atoms with Crippen LogP contribution in [0.2, 0.25) is 18.1 Å². The molecule has 4 saturated carbocycles. The molecule has 0 bridgehead atoms. The second kappa shape index (κ2) is 9.19. The third-order valence-electron chi connectivity index (χ3n) is 12.5. The lowest BCUT2D eigenvalue weighted by Crippen LogP contribution is -2.55. The standard InChI is InChI=1S/C30H54O3Si/c1-20(9-14-27(31)32)24-12-13-25-23-11-10-21-19-22(33-34(7,8)28(2,3)4)15-17-29(21,5)26(23)16-18-30(24,25)6/h20-26H,9-19H2,1-8H3,(H,31,32)/t20-,21?,22-,23+,24-,25+,26+,29+,30-/m1/s1. The summed E-state index contributed by atoms with van der Waals surface area (Å²) in [7, 11) is -1.70. The summed E-state index contributed by atoms with van der Waals surface area (Å²) >= 11 is 0. The van der Waals surface area contributed by atoms with Crippen molar-refractivity contribution in [2.24, 2.45) is 46.3 Å². The van der Waals surface area contributed by atoms with E-state index in [1.165, 1.54) is 57.8 Å². The number of hydrogen-bond donors (Lipinski definition) is 1. The van der Waals surface area contributed by atoms with Gasteiger partial charge in [-0.15, -0.1) is 0 Å². The zero-order valence-corrected chi connectivity index (χ0v) is 24.6. The maximum Gasteiger partial charge on any atom is 0.303 e. The monoisotopic (exact) mass is 490 g/mol. The number of carboxylic acid groups (broad SMARTS) is 1. The fraction of sp³-hybridized carbons (Fsp3) is 0.967. The molecule has 1 N–H and O–H groups in total. The van der Waals surface area contributed by atoms with Crippen LogP contribution < -0.4 is 0 Å². The number of rotatable bonds is 6. The van der Waals surface area contributed by atoms with Crippen molar-refractivity contribution in [3.8, 4) is 0 Å². The topological polar surface area (TPSA) is 46.5 Å². The molecule has 0 spiro atoms. The second-order valence-electron chi connectivity index (χ2n) is 15.1. The highest BCUT2D eigenvalue weighted by Gasteiger charge is 2.60. The van der Waals surface area contributed by atoms with Crippen LogP contribution in [0.3, 0.4) is 0 Å². The van der Waals surface area contributed by atoms with Crippen molar-refractivity contribution < 1.29 is 14.3 Å². The molecule has 0 aromatic rings. The number of aliphatic carboxylic acids is 1. The summed E-state index contributed by atoms with van der Waals surface area (Å²) in [5, 5.41) is 9.50. The lowest BCUT2D eigenvalue weighted by Gasteiger charge is -2.61. The van der Waals surface area contributed by atoms with E-state index in [1.54, 1.807) is 0 Å². The maximum atomic E-state index is 11.2. The van der Waals surface area contributed by atoms with E-state index in [1.807, 2.05) is 0 Å². The molecule has 196 valence electrons. The van der Waals surface area contributed by atoms with Crippen molar-refractivity contribution in [1.82, 2.24) is 0 Å². The molecule has 4 heteroatoms. The Balaban J connectivity index is 1.44. The summed E-state index contributed by atoms with van der Waals surface area (Å²) in [6.07, 6.45) is 13.9. The van der Waals surface area contributed by atoms with Gasteiger partial charge >= 0.3 is 5.97 Å². The minimum Gasteiger partial charge on any atom is -0.481 e. The highest BCUT2D eigenvalue weighted by molar-refractivity contribution is 6.74. The Bertz CT molecular complexity index is 757. The van der Waals surface area contributed by atoms with E-state index in [4.69, 9.17) is 4.43 Å². The predicted octanol–water partition coefficient (Wildman–Crippen LogP) is 8.54. The average molecular weight is 491 g/mol. The van der Waals surface area contributed by atoms with E-state index >= 15 is 0 Å². The summed E-state index contributed by atoms with van der Waals surface area (Å²) in [5.74, 6) is 4.13. The van der Waals surface area contributed by atoms with Gasteiger partial charge in [-0.1, -0.05) is 41.5 Å². The van der Waals surface area contributed by atoms with Gasteiger partial charge in [0.2, 0.25) is 0 Å². The predicted molar refractivity (Wildman–Crippen MR) is 143 cm³/mol. The van der Waals surface area contributed by atoms with E-state index < -0.39 is 14.3 Å². The van der Waals surface area contributed by atoms with E-state index in [2.05, 4.69) is 54.6 Å². The molecule has 1 unspecified atom stereocenters. The van der Waals surface area contributed by atoms with Crippen molar-refractivity contribution in [3.05, 3.63) is 0 Å². The third kappa shape index (κ3) is 4.57. The fourth-order valence-corrected chi connectivity index (χ4v) is 10.8. The Morgan fingerprint density at radius 3 is 2.29 bits per heavy atom. The molecule has 0 amide bonds. The van der Waals surface area contributed by atoms with Crippen LogP contribution >= 0.6 is 0 Å². The van der Waals surface area contributed by atoms with Gasteiger partial charge < -0.3 is 9.53 Å². The van der Waals surface area contributed by atoms with Crippen LogP contribution in [0.25, 0.3) is 0 Å². The molecule has 0 heterocycles. The zero-order chi connectivity index (χ0) is 25.1. The van der Waals surface area contributed by atoms with Gasteiger partial charge in [-0.3, -0.25) is 4.79 Å². The average Bonchev–Trinajstić information content (AvgIpc) is 3.08. The first-order valence-corrected chi connectivity index (χ1v) is 17.5. The van der Waals surface area contributed by atoms with Gasteiger partial charge in [0.25, 0.3) is 0 Å². The van der Waals surface area contributed by atoms with Crippen LogP contribution in [0, 0.1) is 46.3 Å². The first-order chi connectivity index (χ1) is 15.7. The minimum absolute atomic E-state index is 0.292. The third-order valence-corrected chi connectivity index (χ3v) is 17.0. The van der Waals surface area contributed by atoms with Crippen LogP contribution in [0.4, 0.5) is 0 Å². The largest absolute Gasteiger partial charge is 0.481 e. The number of hydrogen-bond acceptors (Lipinski definition) is 2. The molecule has 9 atom stereocenters. The summed E-state index contributed by atoms with van der Waals surface area (Å²) in [6.45, 7) is 19.6. The first-order valence-electron chi connectivity index (χ1n) is 14.6. The Morgan fingerprint density at radius 2 is 1.65 bits per heavy atom. The van der Waals surface area contributed by atoms with Gasteiger partial charge in [-0.25, -0.2) is 0 Å². The lowest BCUT2D eigenvalue weighted by molar-refractivity contribution is -0.138. The molecule has 4 fully saturated rings. The normalized spacial score (nSPS) is 43.5. The van der Waals surface area contributed by atoms with Crippen molar-refractivity contribution >= 4 is 14.3 Å². The summed E-state index contributed by atoms with van der Waals surface area (Å²) in [4.78, 5) is 11.2. The van der Waals surface area contributed by atoms with E-state index in [0.717, 1.165) is 36.0 Å². The van der Waals surface area contributed by atoms with Gasteiger partial charge in [0.1, 0.15) is 0 Å².